The number of carbonyl (C=O) groups is 1. The summed E-state index contributed by atoms with van der Waals surface area (Å²) in [6, 6.07) is 11.7. The van der Waals surface area contributed by atoms with Gasteiger partial charge >= 0.3 is 0 Å². The highest BCUT2D eigenvalue weighted by atomic mass is 16.5. The molecule has 0 aliphatic heterocycles. The predicted molar refractivity (Wildman–Crippen MR) is 72.9 cm³/mol. The normalized spacial score (nSPS) is 10.2. The standard InChI is InChI=1S/C15H16N2O2/c1-2-3-11-4-6-12(7-5-11)13-8-9-16-14(10-13)15(18)17-19/h4-10,19H,2-3H2,1H3,(H,17,18). The molecule has 0 unspecified atom stereocenters. The molecule has 4 heteroatoms. The fourth-order valence-electron chi connectivity index (χ4n) is 1.94. The van der Waals surface area contributed by atoms with Gasteiger partial charge in [0, 0.05) is 6.20 Å². The summed E-state index contributed by atoms with van der Waals surface area (Å²) >= 11 is 0. The Kier molecular flexibility index (Phi) is 4.26. The van der Waals surface area contributed by atoms with E-state index in [9.17, 15) is 4.79 Å². The molecule has 1 amide bonds. The van der Waals surface area contributed by atoms with Gasteiger partial charge in [0.15, 0.2) is 0 Å². The lowest BCUT2D eigenvalue weighted by Crippen LogP contribution is -2.19. The molecule has 19 heavy (non-hydrogen) atoms. The van der Waals surface area contributed by atoms with Gasteiger partial charge in [-0.3, -0.25) is 15.0 Å². The van der Waals surface area contributed by atoms with Crippen molar-refractivity contribution in [3.8, 4) is 11.1 Å². The van der Waals surface area contributed by atoms with E-state index in [1.807, 2.05) is 18.2 Å². The zero-order valence-electron chi connectivity index (χ0n) is 10.8. The second-order valence-corrected chi connectivity index (χ2v) is 4.32. The number of pyridine rings is 1. The van der Waals surface area contributed by atoms with Gasteiger partial charge in [0.2, 0.25) is 0 Å². The highest BCUT2D eigenvalue weighted by Gasteiger charge is 2.07. The third kappa shape index (κ3) is 3.17. The molecule has 0 aliphatic rings. The molecule has 0 spiro atoms. The third-order valence-corrected chi connectivity index (χ3v) is 2.92. The summed E-state index contributed by atoms with van der Waals surface area (Å²) in [4.78, 5) is 15.2. The Morgan fingerprint density at radius 2 is 1.95 bits per heavy atom. The molecule has 0 aliphatic carbocycles. The Labute approximate surface area is 112 Å². The summed E-state index contributed by atoms with van der Waals surface area (Å²) in [5.74, 6) is -0.607. The molecule has 0 atom stereocenters. The number of amides is 1. The Hall–Kier alpha value is -2.20. The number of hydroxylamine groups is 1. The second kappa shape index (κ2) is 6.11. The minimum absolute atomic E-state index is 0.192. The summed E-state index contributed by atoms with van der Waals surface area (Å²) in [5.41, 5.74) is 5.00. The van der Waals surface area contributed by atoms with Crippen LogP contribution in [0.25, 0.3) is 11.1 Å². The first-order valence-corrected chi connectivity index (χ1v) is 6.24. The van der Waals surface area contributed by atoms with Crippen LogP contribution >= 0.6 is 0 Å². The van der Waals surface area contributed by atoms with Crippen LogP contribution in [-0.2, 0) is 6.42 Å². The number of aromatic nitrogens is 1. The summed E-state index contributed by atoms with van der Waals surface area (Å²) in [6.45, 7) is 2.15. The lowest BCUT2D eigenvalue weighted by Gasteiger charge is -2.05. The van der Waals surface area contributed by atoms with Gasteiger partial charge < -0.3 is 0 Å². The summed E-state index contributed by atoms with van der Waals surface area (Å²) in [5, 5.41) is 8.61. The summed E-state index contributed by atoms with van der Waals surface area (Å²) < 4.78 is 0. The van der Waals surface area contributed by atoms with E-state index in [0.717, 1.165) is 24.0 Å². The number of rotatable bonds is 4. The Morgan fingerprint density at radius 3 is 2.58 bits per heavy atom. The van der Waals surface area contributed by atoms with Gasteiger partial charge in [-0.1, -0.05) is 37.6 Å². The predicted octanol–water partition coefficient (Wildman–Crippen LogP) is 2.82. The number of nitrogens with zero attached hydrogens (tertiary/aromatic N) is 1. The van der Waals surface area contributed by atoms with Gasteiger partial charge in [0.25, 0.3) is 5.91 Å². The molecule has 1 aromatic heterocycles. The molecule has 2 rings (SSSR count). The van der Waals surface area contributed by atoms with Crippen LogP contribution in [0.2, 0.25) is 0 Å². The minimum Gasteiger partial charge on any atom is -0.288 e. The monoisotopic (exact) mass is 256 g/mol. The fraction of sp³-hybridized carbons (Fsp3) is 0.200. The van der Waals surface area contributed by atoms with Crippen LogP contribution in [0.15, 0.2) is 42.6 Å². The molecular weight excluding hydrogens is 240 g/mol. The van der Waals surface area contributed by atoms with E-state index in [2.05, 4.69) is 24.0 Å². The van der Waals surface area contributed by atoms with Gasteiger partial charge in [-0.25, -0.2) is 5.48 Å². The van der Waals surface area contributed by atoms with E-state index < -0.39 is 5.91 Å². The summed E-state index contributed by atoms with van der Waals surface area (Å²) in [6.07, 6.45) is 3.74. The summed E-state index contributed by atoms with van der Waals surface area (Å²) in [7, 11) is 0. The van der Waals surface area contributed by atoms with E-state index in [1.54, 1.807) is 17.7 Å². The number of nitrogens with one attached hydrogen (secondary N) is 1. The van der Waals surface area contributed by atoms with E-state index in [1.165, 1.54) is 5.56 Å². The topological polar surface area (TPSA) is 62.2 Å². The third-order valence-electron chi connectivity index (χ3n) is 2.92. The highest BCUT2D eigenvalue weighted by molar-refractivity contribution is 5.92. The number of hydrogen-bond acceptors (Lipinski definition) is 3. The molecule has 98 valence electrons. The first kappa shape index (κ1) is 13.2. The van der Waals surface area contributed by atoms with Crippen LogP contribution in [0.4, 0.5) is 0 Å². The molecule has 0 saturated carbocycles. The van der Waals surface area contributed by atoms with Gasteiger partial charge in [0.05, 0.1) is 0 Å². The van der Waals surface area contributed by atoms with Crippen molar-refractivity contribution in [3.63, 3.8) is 0 Å². The highest BCUT2D eigenvalue weighted by Crippen LogP contribution is 2.20. The van der Waals surface area contributed by atoms with Gasteiger partial charge in [0.1, 0.15) is 5.69 Å². The number of aryl methyl sites for hydroxylation is 1. The van der Waals surface area contributed by atoms with Gasteiger partial charge in [-0.2, -0.15) is 0 Å². The molecule has 2 N–H and O–H groups in total. The van der Waals surface area contributed by atoms with E-state index in [-0.39, 0.29) is 5.69 Å². The van der Waals surface area contributed by atoms with Gasteiger partial charge in [-0.05, 0) is 35.2 Å². The Morgan fingerprint density at radius 1 is 1.21 bits per heavy atom. The SMILES string of the molecule is CCCc1ccc(-c2ccnc(C(=O)NO)c2)cc1. The lowest BCUT2D eigenvalue weighted by molar-refractivity contribution is 0.0701. The van der Waals surface area contributed by atoms with E-state index in [0.29, 0.717) is 0 Å². The zero-order valence-corrected chi connectivity index (χ0v) is 10.8. The van der Waals surface area contributed by atoms with Crippen molar-refractivity contribution >= 4 is 5.91 Å². The minimum atomic E-state index is -0.607. The van der Waals surface area contributed by atoms with Crippen LogP contribution in [0.1, 0.15) is 29.4 Å². The molecule has 0 bridgehead atoms. The smallest absolute Gasteiger partial charge is 0.288 e. The molecule has 0 radical (unpaired) electrons. The second-order valence-electron chi connectivity index (χ2n) is 4.32. The van der Waals surface area contributed by atoms with Crippen molar-refractivity contribution in [1.29, 1.82) is 0 Å². The molecule has 1 heterocycles. The van der Waals surface area contributed by atoms with Crippen LogP contribution in [0, 0.1) is 0 Å². The molecule has 1 aromatic carbocycles. The Bertz CT molecular complexity index is 565. The number of benzene rings is 1. The first-order valence-electron chi connectivity index (χ1n) is 6.24. The van der Waals surface area contributed by atoms with Crippen LogP contribution in [0.5, 0.6) is 0 Å². The quantitative estimate of drug-likeness (QED) is 0.653. The van der Waals surface area contributed by atoms with Crippen molar-refractivity contribution in [1.82, 2.24) is 10.5 Å². The van der Waals surface area contributed by atoms with Crippen molar-refractivity contribution < 1.29 is 10.0 Å². The Balaban J connectivity index is 2.28. The van der Waals surface area contributed by atoms with Crippen LogP contribution < -0.4 is 5.48 Å². The van der Waals surface area contributed by atoms with E-state index in [4.69, 9.17) is 5.21 Å². The van der Waals surface area contributed by atoms with Crippen molar-refractivity contribution in [2.75, 3.05) is 0 Å². The maximum absolute atomic E-state index is 11.3. The zero-order chi connectivity index (χ0) is 13.7. The van der Waals surface area contributed by atoms with Crippen molar-refractivity contribution in [3.05, 3.63) is 53.9 Å². The van der Waals surface area contributed by atoms with Crippen LogP contribution in [-0.4, -0.2) is 16.1 Å². The average Bonchev–Trinajstić information content (AvgIpc) is 2.48. The number of carbonyl (C=O) groups excluding carboxylic acids is 1. The maximum Gasteiger partial charge on any atom is 0.293 e. The average molecular weight is 256 g/mol. The van der Waals surface area contributed by atoms with Crippen molar-refractivity contribution in [2.45, 2.75) is 19.8 Å². The molecular formula is C15H16N2O2. The largest absolute Gasteiger partial charge is 0.293 e. The fourth-order valence-corrected chi connectivity index (χ4v) is 1.94. The molecule has 4 nitrogen and oxygen atoms in total. The molecule has 0 fully saturated rings. The maximum atomic E-state index is 11.3. The van der Waals surface area contributed by atoms with Crippen LogP contribution in [0.3, 0.4) is 0 Å². The van der Waals surface area contributed by atoms with E-state index >= 15 is 0 Å². The first-order chi connectivity index (χ1) is 9.24. The lowest BCUT2D eigenvalue weighted by atomic mass is 10.0. The van der Waals surface area contributed by atoms with Crippen molar-refractivity contribution in [2.24, 2.45) is 0 Å². The molecule has 2 aromatic rings. The number of hydrogen-bond donors (Lipinski definition) is 2. The van der Waals surface area contributed by atoms with Gasteiger partial charge in [-0.15, -0.1) is 0 Å². The molecule has 0 saturated heterocycles.